The maximum absolute atomic E-state index is 12.1. The lowest BCUT2D eigenvalue weighted by Gasteiger charge is -2.08. The van der Waals surface area contributed by atoms with Gasteiger partial charge in [-0.3, -0.25) is 4.99 Å². The van der Waals surface area contributed by atoms with Crippen molar-refractivity contribution in [3.63, 3.8) is 0 Å². The number of hydrogen-bond acceptors (Lipinski definition) is 3. The number of hydrogen-bond donors (Lipinski definition) is 1. The quantitative estimate of drug-likeness (QED) is 0.823. The first kappa shape index (κ1) is 11.4. The summed E-state index contributed by atoms with van der Waals surface area (Å²) < 4.78 is 40.0. The minimum atomic E-state index is -4.82. The molecular formula is C10H6F3NO3. The number of aliphatic carboxylic acids is 1. The van der Waals surface area contributed by atoms with Crippen molar-refractivity contribution >= 4 is 12.0 Å². The maximum atomic E-state index is 12.1. The fourth-order valence-corrected chi connectivity index (χ4v) is 1.50. The van der Waals surface area contributed by atoms with Crippen molar-refractivity contribution in [3.05, 3.63) is 28.8 Å². The van der Waals surface area contributed by atoms with Crippen LogP contribution in [-0.2, 0) is 4.79 Å². The van der Waals surface area contributed by atoms with Gasteiger partial charge in [0.05, 0.1) is 5.36 Å². The van der Waals surface area contributed by atoms with Gasteiger partial charge in [0.15, 0.2) is 6.04 Å². The normalized spacial score (nSPS) is 17.9. The van der Waals surface area contributed by atoms with Gasteiger partial charge in [-0.2, -0.15) is 0 Å². The van der Waals surface area contributed by atoms with E-state index in [9.17, 15) is 18.0 Å². The van der Waals surface area contributed by atoms with Gasteiger partial charge >= 0.3 is 12.3 Å². The van der Waals surface area contributed by atoms with E-state index in [4.69, 9.17) is 5.11 Å². The van der Waals surface area contributed by atoms with Crippen molar-refractivity contribution in [1.29, 1.82) is 0 Å². The molecule has 1 heterocycles. The van der Waals surface area contributed by atoms with Crippen molar-refractivity contribution < 1.29 is 27.8 Å². The number of carboxylic acids is 1. The number of fused-ring (bicyclic) bond motifs is 1. The average molecular weight is 245 g/mol. The Kier molecular flexibility index (Phi) is 2.53. The topological polar surface area (TPSA) is 58.9 Å². The Hall–Kier alpha value is -2.05. The van der Waals surface area contributed by atoms with Gasteiger partial charge in [-0.15, -0.1) is 13.2 Å². The fourth-order valence-electron chi connectivity index (χ4n) is 1.50. The molecule has 0 radical (unpaired) electrons. The molecule has 1 aliphatic heterocycles. The number of halogens is 3. The zero-order valence-corrected chi connectivity index (χ0v) is 8.23. The molecule has 0 saturated heterocycles. The molecule has 1 aromatic rings. The Bertz CT molecular complexity index is 579. The third kappa shape index (κ3) is 2.38. The summed E-state index contributed by atoms with van der Waals surface area (Å²) in [5.74, 6) is -1.67. The van der Waals surface area contributed by atoms with Gasteiger partial charge in [-0.1, -0.05) is 6.07 Å². The van der Waals surface area contributed by atoms with Gasteiger partial charge in [-0.05, 0) is 18.2 Å². The minimum Gasteiger partial charge on any atom is -0.479 e. The van der Waals surface area contributed by atoms with Crippen LogP contribution < -0.4 is 15.3 Å². The highest BCUT2D eigenvalue weighted by Gasteiger charge is 2.32. The van der Waals surface area contributed by atoms with Gasteiger partial charge in [0.2, 0.25) is 0 Å². The summed E-state index contributed by atoms with van der Waals surface area (Å²) in [5.41, 5.74) is 0. The molecule has 1 N–H and O–H groups in total. The highest BCUT2D eigenvalue weighted by Crippen LogP contribution is 2.19. The first-order valence-electron chi connectivity index (χ1n) is 4.54. The molecule has 7 heteroatoms. The van der Waals surface area contributed by atoms with E-state index in [1.165, 1.54) is 12.1 Å². The summed E-state index contributed by atoms with van der Waals surface area (Å²) in [7, 11) is 0. The second-order valence-electron chi connectivity index (χ2n) is 3.32. The summed E-state index contributed by atoms with van der Waals surface area (Å²) in [4.78, 5) is 14.4. The maximum Gasteiger partial charge on any atom is 0.573 e. The van der Waals surface area contributed by atoms with E-state index < -0.39 is 24.1 Å². The first-order valence-corrected chi connectivity index (χ1v) is 4.54. The molecule has 2 rings (SSSR count). The van der Waals surface area contributed by atoms with E-state index in [-0.39, 0.29) is 10.6 Å². The molecule has 90 valence electrons. The number of carboxylic acid groups (broad SMARTS) is 1. The van der Waals surface area contributed by atoms with E-state index in [0.29, 0.717) is 0 Å². The Morgan fingerprint density at radius 1 is 1.41 bits per heavy atom. The standard InChI is InChI=1S/C10H6F3NO3/c11-10(12,13)17-8-3-1-2-6-5(8)4-7(14-6)9(15)16/h1-4,7H,(H,15,16)/t7-/m0/s1. The lowest BCUT2D eigenvalue weighted by Crippen LogP contribution is -2.28. The van der Waals surface area contributed by atoms with Crippen LogP contribution in [0.1, 0.15) is 0 Å². The summed E-state index contributed by atoms with van der Waals surface area (Å²) >= 11 is 0. The fraction of sp³-hybridized carbons (Fsp3) is 0.200. The second kappa shape index (κ2) is 3.76. The largest absolute Gasteiger partial charge is 0.573 e. The number of benzene rings is 1. The molecule has 0 saturated carbocycles. The van der Waals surface area contributed by atoms with Crippen LogP contribution in [0.25, 0.3) is 6.08 Å². The van der Waals surface area contributed by atoms with E-state index in [2.05, 4.69) is 9.73 Å². The SMILES string of the molecule is O=C(O)[C@@H]1C=c2c(OC(F)(F)F)cccc2=N1. The second-order valence-corrected chi connectivity index (χ2v) is 3.32. The number of carbonyl (C=O) groups is 1. The van der Waals surface area contributed by atoms with Gasteiger partial charge in [0, 0.05) is 5.22 Å². The van der Waals surface area contributed by atoms with Crippen LogP contribution in [0.2, 0.25) is 0 Å². The van der Waals surface area contributed by atoms with Gasteiger partial charge < -0.3 is 9.84 Å². The van der Waals surface area contributed by atoms with Gasteiger partial charge in [0.25, 0.3) is 0 Å². The van der Waals surface area contributed by atoms with Crippen molar-refractivity contribution in [3.8, 4) is 5.75 Å². The molecule has 0 aromatic heterocycles. The summed E-state index contributed by atoms with van der Waals surface area (Å²) in [6, 6.07) is 2.70. The molecule has 1 atom stereocenters. The molecule has 1 aliphatic rings. The van der Waals surface area contributed by atoms with Crippen molar-refractivity contribution in [2.75, 3.05) is 0 Å². The highest BCUT2D eigenvalue weighted by atomic mass is 19.4. The third-order valence-electron chi connectivity index (χ3n) is 2.12. The van der Waals surface area contributed by atoms with Crippen LogP contribution in [0, 0.1) is 0 Å². The van der Waals surface area contributed by atoms with E-state index in [1.54, 1.807) is 0 Å². The van der Waals surface area contributed by atoms with Crippen LogP contribution in [-0.4, -0.2) is 23.5 Å². The molecule has 17 heavy (non-hydrogen) atoms. The van der Waals surface area contributed by atoms with Crippen LogP contribution >= 0.6 is 0 Å². The number of rotatable bonds is 2. The molecule has 0 amide bonds. The van der Waals surface area contributed by atoms with Crippen molar-refractivity contribution in [2.45, 2.75) is 12.4 Å². The molecule has 1 aromatic carbocycles. The predicted octanol–water partition coefficient (Wildman–Crippen LogP) is 0.452. The minimum absolute atomic E-state index is 0.0530. The summed E-state index contributed by atoms with van der Waals surface area (Å²) in [6.07, 6.45) is -3.69. The molecule has 0 fully saturated rings. The van der Waals surface area contributed by atoms with Crippen LogP contribution in [0.15, 0.2) is 23.2 Å². The molecule has 0 unspecified atom stereocenters. The Morgan fingerprint density at radius 3 is 2.71 bits per heavy atom. The monoisotopic (exact) mass is 245 g/mol. The highest BCUT2D eigenvalue weighted by molar-refractivity contribution is 5.82. The van der Waals surface area contributed by atoms with E-state index in [1.807, 2.05) is 0 Å². The molecule has 0 aliphatic carbocycles. The van der Waals surface area contributed by atoms with Gasteiger partial charge in [-0.25, -0.2) is 4.79 Å². The number of nitrogens with zero attached hydrogens (tertiary/aromatic N) is 1. The average Bonchev–Trinajstić information content (AvgIpc) is 2.60. The molecular weight excluding hydrogens is 239 g/mol. The summed E-state index contributed by atoms with van der Waals surface area (Å²) in [5, 5.41) is 8.95. The predicted molar refractivity (Wildman–Crippen MR) is 49.8 cm³/mol. The van der Waals surface area contributed by atoms with Crippen LogP contribution in [0.3, 0.4) is 0 Å². The Balaban J connectivity index is 2.49. The zero-order chi connectivity index (χ0) is 12.6. The van der Waals surface area contributed by atoms with Crippen molar-refractivity contribution in [1.82, 2.24) is 0 Å². The third-order valence-corrected chi connectivity index (χ3v) is 2.12. The summed E-state index contributed by atoms with van der Waals surface area (Å²) in [6.45, 7) is 0. The lowest BCUT2D eigenvalue weighted by molar-refractivity contribution is -0.275. The first-order chi connectivity index (χ1) is 7.87. The molecule has 4 nitrogen and oxygen atoms in total. The molecule has 0 spiro atoms. The van der Waals surface area contributed by atoms with Crippen molar-refractivity contribution in [2.24, 2.45) is 4.99 Å². The van der Waals surface area contributed by atoms with E-state index >= 15 is 0 Å². The zero-order valence-electron chi connectivity index (χ0n) is 8.23. The Labute approximate surface area is 92.7 Å². The smallest absolute Gasteiger partial charge is 0.479 e. The number of alkyl halides is 3. The van der Waals surface area contributed by atoms with Crippen LogP contribution in [0.5, 0.6) is 5.75 Å². The Morgan fingerprint density at radius 2 is 2.12 bits per heavy atom. The lowest BCUT2D eigenvalue weighted by atomic mass is 10.2. The molecule has 0 bridgehead atoms. The number of ether oxygens (including phenoxy) is 1. The van der Waals surface area contributed by atoms with Gasteiger partial charge in [0.1, 0.15) is 5.75 Å². The van der Waals surface area contributed by atoms with E-state index in [0.717, 1.165) is 12.1 Å². The van der Waals surface area contributed by atoms with Crippen LogP contribution in [0.4, 0.5) is 13.2 Å².